The van der Waals surface area contributed by atoms with Crippen LogP contribution >= 0.6 is 0 Å². The molecule has 2 heterocycles. The molecule has 2 aliphatic heterocycles. The summed E-state index contributed by atoms with van der Waals surface area (Å²) >= 11 is 0. The highest BCUT2D eigenvalue weighted by molar-refractivity contribution is 6.05. The quantitative estimate of drug-likeness (QED) is 0.421. The molecule has 0 spiro atoms. The minimum Gasteiger partial charge on any atom is -0.497 e. The van der Waals surface area contributed by atoms with Gasteiger partial charge in [0.2, 0.25) is 0 Å². The van der Waals surface area contributed by atoms with Gasteiger partial charge in [-0.2, -0.15) is 5.10 Å². The molecule has 0 saturated carbocycles. The van der Waals surface area contributed by atoms with Gasteiger partial charge in [-0.3, -0.25) is 14.5 Å². The minimum atomic E-state index is -0.440. The van der Waals surface area contributed by atoms with Crippen molar-refractivity contribution in [3.05, 3.63) is 47.5 Å². The predicted molar refractivity (Wildman–Crippen MR) is 146 cm³/mol. The van der Waals surface area contributed by atoms with Crippen LogP contribution < -0.4 is 18.9 Å². The first-order valence-electron chi connectivity index (χ1n) is 13.2. The molecule has 10 heteroatoms. The molecule has 0 N–H and O–H groups in total. The lowest BCUT2D eigenvalue weighted by molar-refractivity contribution is -0.152. The van der Waals surface area contributed by atoms with Crippen LogP contribution in [0.1, 0.15) is 49.8 Å². The molecule has 4 rings (SSSR count). The Morgan fingerprint density at radius 3 is 2.28 bits per heavy atom. The second-order valence-corrected chi connectivity index (χ2v) is 9.41. The summed E-state index contributed by atoms with van der Waals surface area (Å²) in [5, 5.41) is 6.33. The third-order valence-corrected chi connectivity index (χ3v) is 7.20. The summed E-state index contributed by atoms with van der Waals surface area (Å²) in [4.78, 5) is 28.4. The lowest BCUT2D eigenvalue weighted by Gasteiger charge is -2.34. The number of hydrogen-bond acceptors (Lipinski definition) is 9. The number of amides is 1. The Labute approximate surface area is 229 Å². The number of ether oxygens (including phenoxy) is 5. The number of methoxy groups -OCH3 is 4. The Bertz CT molecular complexity index is 1220. The lowest BCUT2D eigenvalue weighted by atomic mass is 9.96. The fourth-order valence-corrected chi connectivity index (χ4v) is 5.21. The van der Waals surface area contributed by atoms with Gasteiger partial charge in [-0.15, -0.1) is 0 Å². The van der Waals surface area contributed by atoms with Crippen LogP contribution in [0.3, 0.4) is 0 Å². The van der Waals surface area contributed by atoms with Crippen molar-refractivity contribution in [1.82, 2.24) is 9.91 Å². The van der Waals surface area contributed by atoms with Gasteiger partial charge >= 0.3 is 5.97 Å². The fraction of sp³-hybridized carbons (Fsp3) is 0.483. The highest BCUT2D eigenvalue weighted by atomic mass is 16.5. The van der Waals surface area contributed by atoms with E-state index in [9.17, 15) is 9.59 Å². The maximum Gasteiger partial charge on any atom is 0.323 e. The van der Waals surface area contributed by atoms with Crippen LogP contribution in [-0.2, 0) is 14.3 Å². The third-order valence-electron chi connectivity index (χ3n) is 7.20. The number of likely N-dealkylation sites (tertiary alicyclic amines) is 1. The molecule has 1 fully saturated rings. The maximum absolute atomic E-state index is 13.9. The van der Waals surface area contributed by atoms with E-state index in [1.807, 2.05) is 29.2 Å². The summed E-state index contributed by atoms with van der Waals surface area (Å²) in [6.45, 7) is 2.79. The summed E-state index contributed by atoms with van der Waals surface area (Å²) in [5.74, 6) is 2.00. The summed E-state index contributed by atoms with van der Waals surface area (Å²) in [5.41, 5.74) is 2.28. The number of hydrogen-bond donors (Lipinski definition) is 0. The van der Waals surface area contributed by atoms with Gasteiger partial charge in [-0.1, -0.05) is 6.42 Å². The van der Waals surface area contributed by atoms with E-state index >= 15 is 0 Å². The minimum absolute atomic E-state index is 0.0506. The average Bonchev–Trinajstić information content (AvgIpc) is 3.42. The van der Waals surface area contributed by atoms with Crippen molar-refractivity contribution in [3.8, 4) is 23.0 Å². The largest absolute Gasteiger partial charge is 0.497 e. The first kappa shape index (κ1) is 28.2. The van der Waals surface area contributed by atoms with E-state index in [2.05, 4.69) is 0 Å². The monoisotopic (exact) mass is 539 g/mol. The number of carbonyl (C=O) groups is 2. The number of carbonyl (C=O) groups excluding carboxylic acids is 2. The molecule has 210 valence electrons. The van der Waals surface area contributed by atoms with Crippen molar-refractivity contribution < 1.29 is 33.3 Å². The van der Waals surface area contributed by atoms with Gasteiger partial charge < -0.3 is 23.7 Å². The van der Waals surface area contributed by atoms with Crippen LogP contribution in [0.2, 0.25) is 0 Å². The molecule has 1 saturated heterocycles. The molecule has 2 aliphatic rings. The maximum atomic E-state index is 13.9. The zero-order valence-electron chi connectivity index (χ0n) is 23.3. The van der Waals surface area contributed by atoms with Crippen molar-refractivity contribution in [1.29, 1.82) is 0 Å². The highest BCUT2D eigenvalue weighted by Gasteiger charge is 2.38. The Hall–Kier alpha value is -3.79. The smallest absolute Gasteiger partial charge is 0.323 e. The van der Waals surface area contributed by atoms with Crippen molar-refractivity contribution >= 4 is 17.6 Å². The Kier molecular flexibility index (Phi) is 9.29. The summed E-state index contributed by atoms with van der Waals surface area (Å²) in [7, 11) is 6.37. The number of piperidine rings is 1. The van der Waals surface area contributed by atoms with Gasteiger partial charge in [0.05, 0.1) is 53.3 Å². The molecule has 0 radical (unpaired) electrons. The van der Waals surface area contributed by atoms with Gasteiger partial charge in [0.25, 0.3) is 5.91 Å². The predicted octanol–water partition coefficient (Wildman–Crippen LogP) is 3.82. The van der Waals surface area contributed by atoms with Gasteiger partial charge in [-0.25, -0.2) is 5.01 Å². The topological polar surface area (TPSA) is 99.1 Å². The first-order chi connectivity index (χ1) is 18.9. The standard InChI is InChI=1S/C29H37N3O7/c1-6-39-29(34)24-9-7-8-14-31(24)18-28(33)32-25(22-13-11-20(36-3)16-27(22)38-5)17-23(30-32)21-12-10-19(35-2)15-26(21)37-4/h10-13,15-16,24-25H,6-9,14,17-18H2,1-5H3/t24-,25+/m1/s1. The summed E-state index contributed by atoms with van der Waals surface area (Å²) < 4.78 is 27.3. The van der Waals surface area contributed by atoms with E-state index in [4.69, 9.17) is 28.8 Å². The Balaban J connectivity index is 1.70. The molecule has 0 aliphatic carbocycles. The molecule has 2 aromatic carbocycles. The van der Waals surface area contributed by atoms with Crippen molar-refractivity contribution in [2.45, 2.75) is 44.7 Å². The number of rotatable bonds is 10. The molecule has 2 aromatic rings. The number of nitrogens with zero attached hydrogens (tertiary/aromatic N) is 3. The van der Waals surface area contributed by atoms with E-state index in [0.29, 0.717) is 54.7 Å². The molecule has 0 aromatic heterocycles. The molecule has 0 unspecified atom stereocenters. The number of esters is 1. The summed E-state index contributed by atoms with van der Waals surface area (Å²) in [6, 6.07) is 10.2. The lowest BCUT2D eigenvalue weighted by Crippen LogP contribution is -2.49. The molecule has 39 heavy (non-hydrogen) atoms. The van der Waals surface area contributed by atoms with Gasteiger partial charge in [0.15, 0.2) is 0 Å². The zero-order valence-corrected chi connectivity index (χ0v) is 23.3. The van der Waals surface area contributed by atoms with E-state index in [1.165, 1.54) is 5.01 Å². The highest BCUT2D eigenvalue weighted by Crippen LogP contribution is 2.41. The van der Waals surface area contributed by atoms with Crippen molar-refractivity contribution in [2.75, 3.05) is 48.1 Å². The van der Waals surface area contributed by atoms with E-state index in [0.717, 1.165) is 24.0 Å². The van der Waals surface area contributed by atoms with Gasteiger partial charge in [0, 0.05) is 29.7 Å². The first-order valence-corrected chi connectivity index (χ1v) is 13.2. The Morgan fingerprint density at radius 2 is 1.62 bits per heavy atom. The molecular weight excluding hydrogens is 502 g/mol. The van der Waals surface area contributed by atoms with Crippen LogP contribution in [-0.4, -0.2) is 81.7 Å². The molecule has 1 amide bonds. The Morgan fingerprint density at radius 1 is 0.923 bits per heavy atom. The number of benzene rings is 2. The fourth-order valence-electron chi connectivity index (χ4n) is 5.21. The number of hydrazone groups is 1. The summed E-state index contributed by atoms with van der Waals surface area (Å²) in [6.07, 6.45) is 2.94. The van der Waals surface area contributed by atoms with Crippen LogP contribution in [0.4, 0.5) is 0 Å². The second kappa shape index (κ2) is 12.8. The average molecular weight is 540 g/mol. The van der Waals surface area contributed by atoms with Crippen LogP contribution in [0.25, 0.3) is 0 Å². The van der Waals surface area contributed by atoms with Crippen LogP contribution in [0.5, 0.6) is 23.0 Å². The third kappa shape index (κ3) is 6.11. The second-order valence-electron chi connectivity index (χ2n) is 9.41. The van der Waals surface area contributed by atoms with Crippen molar-refractivity contribution in [3.63, 3.8) is 0 Å². The van der Waals surface area contributed by atoms with E-state index in [1.54, 1.807) is 47.5 Å². The van der Waals surface area contributed by atoms with E-state index in [-0.39, 0.29) is 18.4 Å². The zero-order chi connectivity index (χ0) is 27.9. The van der Waals surface area contributed by atoms with Crippen LogP contribution in [0.15, 0.2) is 41.5 Å². The van der Waals surface area contributed by atoms with Crippen molar-refractivity contribution in [2.24, 2.45) is 5.10 Å². The molecule has 10 nitrogen and oxygen atoms in total. The SMILES string of the molecule is CCOC(=O)[C@H]1CCCCN1CC(=O)N1N=C(c2ccc(OC)cc2OC)C[C@H]1c1ccc(OC)cc1OC. The van der Waals surface area contributed by atoms with Gasteiger partial charge in [0.1, 0.15) is 29.0 Å². The van der Waals surface area contributed by atoms with Crippen LogP contribution in [0, 0.1) is 0 Å². The van der Waals surface area contributed by atoms with E-state index < -0.39 is 12.1 Å². The molecule has 2 atom stereocenters. The molecule has 0 bridgehead atoms. The molecular formula is C29H37N3O7. The van der Waals surface area contributed by atoms with Gasteiger partial charge in [-0.05, 0) is 50.6 Å². The normalized spacial score (nSPS) is 19.3.